The number of hydrogen-bond acceptors (Lipinski definition) is 4. The highest BCUT2D eigenvalue weighted by Crippen LogP contribution is 2.40. The Balaban J connectivity index is 1.18. The number of nitrogens with zero attached hydrogens (tertiary/aromatic N) is 2. The van der Waals surface area contributed by atoms with Crippen molar-refractivity contribution >= 4 is 34.5 Å². The third-order valence-corrected chi connectivity index (χ3v) is 10.2. The molecule has 2 unspecified atom stereocenters. The van der Waals surface area contributed by atoms with Crippen LogP contribution in [0.3, 0.4) is 0 Å². The highest BCUT2D eigenvalue weighted by Gasteiger charge is 2.38. The van der Waals surface area contributed by atoms with Gasteiger partial charge in [0.2, 0.25) is 0 Å². The van der Waals surface area contributed by atoms with Crippen LogP contribution in [0.5, 0.6) is 0 Å². The van der Waals surface area contributed by atoms with E-state index in [2.05, 4.69) is 32.7 Å². The van der Waals surface area contributed by atoms with Gasteiger partial charge >= 0.3 is 0 Å². The van der Waals surface area contributed by atoms with Gasteiger partial charge in [-0.2, -0.15) is 11.3 Å². The number of likely N-dealkylation sites (tertiary alicyclic amines) is 2. The molecule has 0 amide bonds. The summed E-state index contributed by atoms with van der Waals surface area (Å²) in [6, 6.07) is 8.24. The summed E-state index contributed by atoms with van der Waals surface area (Å²) in [6.45, 7) is 6.81. The summed E-state index contributed by atoms with van der Waals surface area (Å²) in [5.74, 6) is 2.09. The Bertz CT molecular complexity index is 938. The number of benzene rings is 1. The molecule has 1 aliphatic carbocycles. The zero-order valence-electron chi connectivity index (χ0n) is 21.1. The van der Waals surface area contributed by atoms with Crippen molar-refractivity contribution in [3.63, 3.8) is 0 Å². The van der Waals surface area contributed by atoms with E-state index >= 15 is 0 Å². The topological polar surface area (TPSA) is 15.7 Å². The Hall–Kier alpha value is -0.620. The molecule has 0 radical (unpaired) electrons. The third-order valence-electron chi connectivity index (χ3n) is 8.96. The summed E-state index contributed by atoms with van der Waals surface area (Å²) in [6.07, 6.45) is 10.5. The Morgan fingerprint density at radius 2 is 1.83 bits per heavy atom. The smallest absolute Gasteiger partial charge is 0.0681 e. The lowest BCUT2D eigenvalue weighted by atomic mass is 9.76. The normalized spacial score (nSPS) is 26.4. The molecule has 192 valence electrons. The average Bonchev–Trinajstić information content (AvgIpc) is 3.53. The number of methoxy groups -OCH3 is 1. The summed E-state index contributed by atoms with van der Waals surface area (Å²) >= 11 is 14.5. The number of piperidine rings is 1. The van der Waals surface area contributed by atoms with Crippen LogP contribution in [0.4, 0.5) is 0 Å². The number of hydrogen-bond donors (Lipinski definition) is 0. The first-order valence-electron chi connectivity index (χ1n) is 13.5. The van der Waals surface area contributed by atoms with E-state index < -0.39 is 0 Å². The molecular formula is C29H40Cl2N2OS. The van der Waals surface area contributed by atoms with Crippen LogP contribution >= 0.6 is 34.5 Å². The standard InChI is InChI=1S/C29H40Cl2N2OS/c1-34-29(10-3-2-4-11-29)16-22-7-12-32(13-8-22)18-25-19-33(20-27(25)24-9-14-35-21-24)17-23-5-6-26(30)15-28(23)31/h5-6,9,14-15,21-22,25,27H,2-4,7-8,10-13,16-20H2,1H3. The fraction of sp³-hybridized carbons (Fsp3) is 0.655. The minimum absolute atomic E-state index is 0.171. The predicted molar refractivity (Wildman–Crippen MR) is 149 cm³/mol. The van der Waals surface area contributed by atoms with Crippen molar-refractivity contribution in [3.05, 3.63) is 56.2 Å². The van der Waals surface area contributed by atoms with Crippen LogP contribution in [-0.2, 0) is 11.3 Å². The van der Waals surface area contributed by atoms with Crippen LogP contribution in [0.25, 0.3) is 0 Å². The van der Waals surface area contributed by atoms with Crippen LogP contribution in [-0.4, -0.2) is 55.2 Å². The summed E-state index contributed by atoms with van der Waals surface area (Å²) in [5, 5.41) is 6.07. The molecule has 2 saturated heterocycles. The lowest BCUT2D eigenvalue weighted by Gasteiger charge is -2.41. The van der Waals surface area contributed by atoms with Crippen molar-refractivity contribution in [1.82, 2.24) is 9.80 Å². The first-order valence-corrected chi connectivity index (χ1v) is 15.2. The molecule has 0 bridgehead atoms. The minimum atomic E-state index is 0.171. The van der Waals surface area contributed by atoms with Crippen molar-refractivity contribution in [1.29, 1.82) is 0 Å². The highest BCUT2D eigenvalue weighted by molar-refractivity contribution is 7.08. The first kappa shape index (κ1) is 26.0. The minimum Gasteiger partial charge on any atom is -0.378 e. The quantitative estimate of drug-likeness (QED) is 0.344. The Morgan fingerprint density at radius 3 is 2.51 bits per heavy atom. The molecule has 1 aromatic heterocycles. The van der Waals surface area contributed by atoms with E-state index in [1.54, 1.807) is 0 Å². The van der Waals surface area contributed by atoms with E-state index in [9.17, 15) is 0 Å². The zero-order valence-corrected chi connectivity index (χ0v) is 23.4. The molecule has 3 heterocycles. The van der Waals surface area contributed by atoms with Gasteiger partial charge < -0.3 is 9.64 Å². The average molecular weight is 536 g/mol. The summed E-state index contributed by atoms with van der Waals surface area (Å²) in [5.41, 5.74) is 2.86. The van der Waals surface area contributed by atoms with Gasteiger partial charge in [-0.15, -0.1) is 0 Å². The molecule has 3 nitrogen and oxygen atoms in total. The van der Waals surface area contributed by atoms with Crippen LogP contribution in [0.2, 0.25) is 10.0 Å². The van der Waals surface area contributed by atoms with Crippen molar-refractivity contribution in [2.24, 2.45) is 11.8 Å². The molecule has 3 fully saturated rings. The summed E-state index contributed by atoms with van der Waals surface area (Å²) in [7, 11) is 1.95. The van der Waals surface area contributed by atoms with Gasteiger partial charge in [0.05, 0.1) is 5.60 Å². The highest BCUT2D eigenvalue weighted by atomic mass is 35.5. The van der Waals surface area contributed by atoms with Crippen molar-refractivity contribution in [3.8, 4) is 0 Å². The third kappa shape index (κ3) is 6.45. The van der Waals surface area contributed by atoms with E-state index in [0.29, 0.717) is 16.9 Å². The van der Waals surface area contributed by atoms with Crippen molar-refractivity contribution in [2.75, 3.05) is 39.8 Å². The molecule has 2 atom stereocenters. The maximum atomic E-state index is 6.51. The molecule has 1 saturated carbocycles. The second-order valence-corrected chi connectivity index (χ2v) is 12.9. The van der Waals surface area contributed by atoms with Crippen molar-refractivity contribution < 1.29 is 4.74 Å². The number of ether oxygens (including phenoxy) is 1. The molecule has 0 spiro atoms. The molecule has 3 aliphatic rings. The van der Waals surface area contributed by atoms with Gasteiger partial charge in [0.15, 0.2) is 0 Å². The van der Waals surface area contributed by atoms with Gasteiger partial charge in [0.25, 0.3) is 0 Å². The fourth-order valence-electron chi connectivity index (χ4n) is 6.95. The molecule has 35 heavy (non-hydrogen) atoms. The first-order chi connectivity index (χ1) is 17.0. The largest absolute Gasteiger partial charge is 0.378 e. The van der Waals surface area contributed by atoms with E-state index in [0.717, 1.165) is 30.6 Å². The molecule has 2 aromatic rings. The second-order valence-electron chi connectivity index (χ2n) is 11.2. The molecule has 1 aromatic carbocycles. The number of halogens is 2. The van der Waals surface area contributed by atoms with Gasteiger partial charge in [-0.3, -0.25) is 4.90 Å². The van der Waals surface area contributed by atoms with Crippen LogP contribution < -0.4 is 0 Å². The predicted octanol–water partition coefficient (Wildman–Crippen LogP) is 7.72. The monoisotopic (exact) mass is 534 g/mol. The fourth-order valence-corrected chi connectivity index (χ4v) is 8.14. The van der Waals surface area contributed by atoms with Gasteiger partial charge in [-0.1, -0.05) is 48.5 Å². The second kappa shape index (κ2) is 11.8. The number of rotatable bonds is 8. The summed E-state index contributed by atoms with van der Waals surface area (Å²) < 4.78 is 6.11. The van der Waals surface area contributed by atoms with Gasteiger partial charge in [0, 0.05) is 49.3 Å². The van der Waals surface area contributed by atoms with Crippen LogP contribution in [0, 0.1) is 11.8 Å². The Labute approximate surface area is 225 Å². The molecule has 0 N–H and O–H groups in total. The molecule has 2 aliphatic heterocycles. The summed E-state index contributed by atoms with van der Waals surface area (Å²) in [4.78, 5) is 5.35. The van der Waals surface area contributed by atoms with Crippen molar-refractivity contribution in [2.45, 2.75) is 69.4 Å². The lowest BCUT2D eigenvalue weighted by Crippen LogP contribution is -2.42. The Kier molecular flexibility index (Phi) is 8.79. The Morgan fingerprint density at radius 1 is 1.03 bits per heavy atom. The van der Waals surface area contributed by atoms with E-state index in [1.165, 1.54) is 82.1 Å². The molecule has 5 rings (SSSR count). The lowest BCUT2D eigenvalue weighted by molar-refractivity contribution is -0.0619. The molecular weight excluding hydrogens is 495 g/mol. The molecule has 6 heteroatoms. The maximum Gasteiger partial charge on any atom is 0.0681 e. The number of thiophene rings is 1. The van der Waals surface area contributed by atoms with E-state index in [1.807, 2.05) is 30.6 Å². The van der Waals surface area contributed by atoms with Gasteiger partial charge in [0.1, 0.15) is 0 Å². The van der Waals surface area contributed by atoms with Gasteiger partial charge in [-0.05, 0) is 97.1 Å². The van der Waals surface area contributed by atoms with E-state index in [-0.39, 0.29) is 5.60 Å². The maximum absolute atomic E-state index is 6.51. The zero-order chi connectivity index (χ0) is 24.3. The van der Waals surface area contributed by atoms with Gasteiger partial charge in [-0.25, -0.2) is 0 Å². The van der Waals surface area contributed by atoms with Crippen LogP contribution in [0.15, 0.2) is 35.0 Å². The van der Waals surface area contributed by atoms with Crippen LogP contribution in [0.1, 0.15) is 68.4 Å². The van der Waals surface area contributed by atoms with E-state index in [4.69, 9.17) is 27.9 Å². The SMILES string of the molecule is COC1(CC2CCN(CC3CN(Cc4ccc(Cl)cc4Cl)CC3c3ccsc3)CC2)CCCCC1.